The zero-order valence-electron chi connectivity index (χ0n) is 23.7. The van der Waals surface area contributed by atoms with Crippen LogP contribution in [-0.4, -0.2) is 123 Å². The highest BCUT2D eigenvalue weighted by Crippen LogP contribution is 2.71. The second-order valence-corrected chi connectivity index (χ2v) is 13.0. The lowest BCUT2D eigenvalue weighted by molar-refractivity contribution is -0.547. The Morgan fingerprint density at radius 2 is 1.97 bits per heavy atom. The summed E-state index contributed by atoms with van der Waals surface area (Å²) in [6.45, 7) is 11.9. The zero-order chi connectivity index (χ0) is 27.1. The topological polar surface area (TPSA) is 112 Å². The molecule has 0 spiro atoms. The normalized spacial score (nSPS) is 41.7. The monoisotopic (exact) mass is 536 g/mol. The van der Waals surface area contributed by atoms with Crippen LogP contribution in [0.5, 0.6) is 0 Å². The van der Waals surface area contributed by atoms with Gasteiger partial charge in [0.15, 0.2) is 18.4 Å². The van der Waals surface area contributed by atoms with Crippen LogP contribution < -0.4 is 22.1 Å². The highest BCUT2D eigenvalue weighted by molar-refractivity contribution is 5.80. The molecule has 1 saturated carbocycles. The van der Waals surface area contributed by atoms with E-state index in [9.17, 15) is 4.79 Å². The van der Waals surface area contributed by atoms with Gasteiger partial charge in [-0.3, -0.25) is 14.6 Å². The minimum atomic E-state index is -1.03. The summed E-state index contributed by atoms with van der Waals surface area (Å²) in [5.41, 5.74) is 12.7. The molecule has 5 aliphatic rings. The fourth-order valence-corrected chi connectivity index (χ4v) is 8.34. The second kappa shape index (κ2) is 11.4. The van der Waals surface area contributed by atoms with Crippen molar-refractivity contribution < 1.29 is 18.5 Å². The third kappa shape index (κ3) is 5.54. The molecular weight excluding hydrogens is 485 g/mol. The van der Waals surface area contributed by atoms with Crippen LogP contribution in [0.2, 0.25) is 0 Å². The molecule has 0 aromatic heterocycles. The molecular formula is C28H51FN7O2+. The van der Waals surface area contributed by atoms with Crippen LogP contribution in [0, 0.1) is 16.7 Å². The molecule has 1 amide bonds. The van der Waals surface area contributed by atoms with Crippen LogP contribution >= 0.6 is 0 Å². The predicted octanol–water partition coefficient (Wildman–Crippen LogP) is 0.119. The van der Waals surface area contributed by atoms with Gasteiger partial charge < -0.3 is 26.8 Å². The van der Waals surface area contributed by atoms with Gasteiger partial charge >= 0.3 is 0 Å². The molecule has 3 saturated heterocycles. The Labute approximate surface area is 227 Å². The molecule has 0 radical (unpaired) electrons. The average Bonchev–Trinajstić information content (AvgIpc) is 3.21. The molecule has 4 fully saturated rings. The molecule has 4 heterocycles. The Hall–Kier alpha value is -1.17. The first-order chi connectivity index (χ1) is 18.2. The minimum absolute atomic E-state index is 0.0121. The van der Waals surface area contributed by atoms with Crippen LogP contribution in [0.4, 0.5) is 4.39 Å². The molecule has 10 heteroatoms. The van der Waals surface area contributed by atoms with Gasteiger partial charge in [-0.1, -0.05) is 13.8 Å². The average molecular weight is 537 g/mol. The maximum atomic E-state index is 15.0. The predicted molar refractivity (Wildman–Crippen MR) is 147 cm³/mol. The molecule has 38 heavy (non-hydrogen) atoms. The van der Waals surface area contributed by atoms with E-state index in [4.69, 9.17) is 16.2 Å². The Kier molecular flexibility index (Phi) is 8.49. The van der Waals surface area contributed by atoms with Crippen LogP contribution in [0.1, 0.15) is 52.4 Å². The SMILES string of the molecule is CCC12CC(C(C(=O)NC3CNCCC3N3CCN(C4CCOC4)CC3)C(N)N)[N+](C)=CC(F)CC1(C)C2. The molecule has 8 atom stereocenters. The largest absolute Gasteiger partial charge is 0.380 e. The number of piperazine rings is 1. The summed E-state index contributed by atoms with van der Waals surface area (Å²) in [5.74, 6) is -0.716. The van der Waals surface area contributed by atoms with Gasteiger partial charge in [-0.25, -0.2) is 8.97 Å². The molecule has 0 bridgehead atoms. The lowest BCUT2D eigenvalue weighted by Crippen LogP contribution is -2.65. The van der Waals surface area contributed by atoms with Crippen LogP contribution in [-0.2, 0) is 9.53 Å². The maximum Gasteiger partial charge on any atom is 0.233 e. The molecule has 5 rings (SSSR count). The van der Waals surface area contributed by atoms with E-state index in [-0.39, 0.29) is 34.9 Å². The summed E-state index contributed by atoms with van der Waals surface area (Å²) in [5, 5.41) is 6.86. The zero-order valence-corrected chi connectivity index (χ0v) is 23.7. The van der Waals surface area contributed by atoms with Crippen molar-refractivity contribution in [1.29, 1.82) is 0 Å². The van der Waals surface area contributed by atoms with Crippen molar-refractivity contribution in [2.75, 3.05) is 59.5 Å². The van der Waals surface area contributed by atoms with Gasteiger partial charge in [0.25, 0.3) is 0 Å². The number of ether oxygens (including phenoxy) is 1. The molecule has 0 aromatic rings. The summed E-state index contributed by atoms with van der Waals surface area (Å²) in [6.07, 6.45) is 5.24. The van der Waals surface area contributed by atoms with Gasteiger partial charge in [-0.15, -0.1) is 0 Å². The Bertz CT molecular complexity index is 875. The molecule has 6 N–H and O–H groups in total. The van der Waals surface area contributed by atoms with Gasteiger partial charge in [0, 0.05) is 57.8 Å². The van der Waals surface area contributed by atoms with Crippen molar-refractivity contribution in [3.8, 4) is 0 Å². The number of halogens is 1. The standard InChI is InChI=1S/C28H50FN7O2/c1-4-28-14-23(34(3)16-19(29)13-27(28,2)18-28)24(25(30)31)26(37)33-21-15-32-7-5-22(21)36-10-8-35(9-11-36)20-6-12-38-17-20/h16,19-25,32H,4-15,17-18,30-31H2,1-3H3/p+1. The van der Waals surface area contributed by atoms with Crippen molar-refractivity contribution in [1.82, 2.24) is 20.4 Å². The van der Waals surface area contributed by atoms with E-state index >= 15 is 4.39 Å². The number of nitrogens with one attached hydrogen (secondary N) is 2. The molecule has 9 nitrogen and oxygen atoms in total. The number of amides is 1. The van der Waals surface area contributed by atoms with E-state index in [1.165, 1.54) is 0 Å². The number of carbonyl (C=O) groups excluding carboxylic acids is 1. The number of piperidine rings is 1. The van der Waals surface area contributed by atoms with E-state index in [0.29, 0.717) is 12.5 Å². The molecule has 1 aliphatic carbocycles. The summed E-state index contributed by atoms with van der Waals surface area (Å²) in [4.78, 5) is 19.1. The summed E-state index contributed by atoms with van der Waals surface area (Å²) >= 11 is 0. The smallest absolute Gasteiger partial charge is 0.233 e. The fourth-order valence-electron chi connectivity index (χ4n) is 8.34. The lowest BCUT2D eigenvalue weighted by Gasteiger charge is -2.45. The Balaban J connectivity index is 1.28. The number of carbonyl (C=O) groups is 1. The van der Waals surface area contributed by atoms with Gasteiger partial charge in [0.2, 0.25) is 5.91 Å². The summed E-state index contributed by atoms with van der Waals surface area (Å²) in [6, 6.07) is 0.584. The van der Waals surface area contributed by atoms with Crippen LogP contribution in [0.25, 0.3) is 0 Å². The van der Waals surface area contributed by atoms with Crippen molar-refractivity contribution >= 4 is 12.1 Å². The van der Waals surface area contributed by atoms with Gasteiger partial charge in [0.1, 0.15) is 13.0 Å². The Morgan fingerprint density at radius 1 is 1.24 bits per heavy atom. The van der Waals surface area contributed by atoms with Crippen LogP contribution in [0.3, 0.4) is 0 Å². The number of rotatable bonds is 7. The third-order valence-electron chi connectivity index (χ3n) is 10.9. The van der Waals surface area contributed by atoms with Crippen molar-refractivity contribution in [3.05, 3.63) is 0 Å². The second-order valence-electron chi connectivity index (χ2n) is 13.0. The van der Waals surface area contributed by atoms with Crippen molar-refractivity contribution in [3.63, 3.8) is 0 Å². The van der Waals surface area contributed by atoms with E-state index < -0.39 is 18.3 Å². The lowest BCUT2D eigenvalue weighted by atomic mass is 9.78. The Morgan fingerprint density at radius 3 is 2.63 bits per heavy atom. The summed E-state index contributed by atoms with van der Waals surface area (Å²) < 4.78 is 22.5. The number of nitrogens with zero attached hydrogens (tertiary/aromatic N) is 3. The fraction of sp³-hybridized carbons (Fsp3) is 0.929. The third-order valence-corrected chi connectivity index (χ3v) is 10.9. The maximum absolute atomic E-state index is 15.0. The molecule has 0 aromatic carbocycles. The number of hydrogen-bond acceptors (Lipinski definition) is 7. The van der Waals surface area contributed by atoms with Crippen LogP contribution in [0.15, 0.2) is 0 Å². The van der Waals surface area contributed by atoms with E-state index in [0.717, 1.165) is 84.6 Å². The van der Waals surface area contributed by atoms with Crippen molar-refractivity contribution in [2.24, 2.45) is 28.2 Å². The quantitative estimate of drug-likeness (QED) is 0.270. The number of alkyl halides is 1. The van der Waals surface area contributed by atoms with E-state index in [1.54, 1.807) is 6.21 Å². The highest BCUT2D eigenvalue weighted by Gasteiger charge is 2.66. The molecule has 216 valence electrons. The van der Waals surface area contributed by atoms with E-state index in [2.05, 4.69) is 34.3 Å². The number of hydrogen-bond donors (Lipinski definition) is 4. The van der Waals surface area contributed by atoms with Gasteiger partial charge in [-0.05, 0) is 49.5 Å². The van der Waals surface area contributed by atoms with Crippen molar-refractivity contribution in [2.45, 2.75) is 88.9 Å². The number of nitrogens with two attached hydrogens (primary N) is 2. The minimum Gasteiger partial charge on any atom is -0.380 e. The first-order valence-corrected chi connectivity index (χ1v) is 15.0. The number of fused-ring (bicyclic) bond motifs is 1. The molecule has 4 aliphatic heterocycles. The summed E-state index contributed by atoms with van der Waals surface area (Å²) in [7, 11) is 1.88. The van der Waals surface area contributed by atoms with E-state index in [1.807, 2.05) is 11.6 Å². The van der Waals surface area contributed by atoms with Gasteiger partial charge in [-0.2, -0.15) is 0 Å². The van der Waals surface area contributed by atoms with Gasteiger partial charge in [0.05, 0.1) is 18.8 Å². The highest BCUT2D eigenvalue weighted by atomic mass is 19.1. The first kappa shape index (κ1) is 28.4. The molecule has 8 unspecified atom stereocenters. The first-order valence-electron chi connectivity index (χ1n) is 15.0.